The van der Waals surface area contributed by atoms with Crippen LogP contribution in [0, 0.1) is 5.92 Å². The van der Waals surface area contributed by atoms with Crippen molar-refractivity contribution < 1.29 is 0 Å². The Kier molecular flexibility index (Phi) is 4.79. The van der Waals surface area contributed by atoms with Gasteiger partial charge in [0.05, 0.1) is 0 Å². The van der Waals surface area contributed by atoms with Crippen molar-refractivity contribution in [2.75, 3.05) is 13.1 Å². The van der Waals surface area contributed by atoms with Gasteiger partial charge in [-0.15, -0.1) is 0 Å². The van der Waals surface area contributed by atoms with Gasteiger partial charge >= 0.3 is 0 Å². The smallest absolute Gasteiger partial charge is 0.0247 e. The van der Waals surface area contributed by atoms with Gasteiger partial charge in [-0.1, -0.05) is 38.1 Å². The minimum atomic E-state index is 0.559. The number of rotatable bonds is 4. The Morgan fingerprint density at radius 1 is 1.28 bits per heavy atom. The highest BCUT2D eigenvalue weighted by atomic mass is 15.2. The maximum atomic E-state index is 5.97. The molecule has 2 unspecified atom stereocenters. The molecule has 1 heterocycles. The standard InChI is InChI=1S/C16H26N2/c1-3-14-8-4-5-9-15(14)12-18-10-6-7-13(2)16(18)11-17/h4-5,8-9,13,16H,3,6-7,10-12,17H2,1-2H3. The number of aryl methyl sites for hydroxylation is 1. The number of piperidine rings is 1. The van der Waals surface area contributed by atoms with Crippen molar-refractivity contribution in [3.63, 3.8) is 0 Å². The Morgan fingerprint density at radius 3 is 2.67 bits per heavy atom. The molecule has 2 N–H and O–H groups in total. The maximum Gasteiger partial charge on any atom is 0.0247 e. The highest BCUT2D eigenvalue weighted by Gasteiger charge is 2.27. The first kappa shape index (κ1) is 13.6. The highest BCUT2D eigenvalue weighted by molar-refractivity contribution is 5.27. The Labute approximate surface area is 111 Å². The molecule has 0 bridgehead atoms. The van der Waals surface area contributed by atoms with Gasteiger partial charge in [-0.25, -0.2) is 0 Å². The average Bonchev–Trinajstić information content (AvgIpc) is 2.40. The van der Waals surface area contributed by atoms with Crippen LogP contribution in [0.3, 0.4) is 0 Å². The largest absolute Gasteiger partial charge is 0.329 e. The van der Waals surface area contributed by atoms with E-state index in [0.29, 0.717) is 6.04 Å². The summed E-state index contributed by atoms with van der Waals surface area (Å²) in [6.07, 6.45) is 3.76. The zero-order valence-electron chi connectivity index (χ0n) is 11.7. The lowest BCUT2D eigenvalue weighted by Gasteiger charge is -2.39. The lowest BCUT2D eigenvalue weighted by Crippen LogP contribution is -2.48. The molecule has 2 nitrogen and oxygen atoms in total. The maximum absolute atomic E-state index is 5.97. The Bertz CT molecular complexity index is 375. The normalized spacial score (nSPS) is 25.3. The van der Waals surface area contributed by atoms with Crippen LogP contribution in [0.2, 0.25) is 0 Å². The topological polar surface area (TPSA) is 29.3 Å². The van der Waals surface area contributed by atoms with Crippen LogP contribution in [0.25, 0.3) is 0 Å². The van der Waals surface area contributed by atoms with Gasteiger partial charge in [0.15, 0.2) is 0 Å². The number of hydrogen-bond acceptors (Lipinski definition) is 2. The number of nitrogens with zero attached hydrogens (tertiary/aromatic N) is 1. The third kappa shape index (κ3) is 2.93. The number of hydrogen-bond donors (Lipinski definition) is 1. The third-order valence-electron chi connectivity index (χ3n) is 4.34. The number of likely N-dealkylation sites (tertiary alicyclic amines) is 1. The summed E-state index contributed by atoms with van der Waals surface area (Å²) >= 11 is 0. The van der Waals surface area contributed by atoms with Crippen LogP contribution in [0.1, 0.15) is 37.8 Å². The summed E-state index contributed by atoms with van der Waals surface area (Å²) in [7, 11) is 0. The van der Waals surface area contributed by atoms with E-state index >= 15 is 0 Å². The molecule has 18 heavy (non-hydrogen) atoms. The second-order valence-corrected chi connectivity index (χ2v) is 5.52. The summed E-state index contributed by atoms with van der Waals surface area (Å²) < 4.78 is 0. The van der Waals surface area contributed by atoms with Gasteiger partial charge in [0.25, 0.3) is 0 Å². The summed E-state index contributed by atoms with van der Waals surface area (Å²) in [5.74, 6) is 0.734. The van der Waals surface area contributed by atoms with Crippen LogP contribution >= 0.6 is 0 Å². The van der Waals surface area contributed by atoms with Crippen molar-refractivity contribution in [3.05, 3.63) is 35.4 Å². The molecule has 1 aliphatic rings. The Hall–Kier alpha value is -0.860. The third-order valence-corrected chi connectivity index (χ3v) is 4.34. The van der Waals surface area contributed by atoms with E-state index in [1.54, 1.807) is 0 Å². The van der Waals surface area contributed by atoms with E-state index in [1.807, 2.05) is 0 Å². The molecule has 2 rings (SSSR count). The van der Waals surface area contributed by atoms with Crippen molar-refractivity contribution in [2.45, 2.75) is 45.7 Å². The van der Waals surface area contributed by atoms with Crippen molar-refractivity contribution in [3.8, 4) is 0 Å². The van der Waals surface area contributed by atoms with E-state index in [1.165, 1.54) is 30.5 Å². The predicted molar refractivity (Wildman–Crippen MR) is 77.5 cm³/mol. The second-order valence-electron chi connectivity index (χ2n) is 5.52. The molecule has 0 spiro atoms. The summed E-state index contributed by atoms with van der Waals surface area (Å²) in [6, 6.07) is 9.37. The minimum absolute atomic E-state index is 0.559. The predicted octanol–water partition coefficient (Wildman–Crippen LogP) is 2.81. The number of nitrogens with two attached hydrogens (primary N) is 1. The fraction of sp³-hybridized carbons (Fsp3) is 0.625. The molecule has 1 fully saturated rings. The molecule has 0 aromatic heterocycles. The molecule has 0 amide bonds. The van der Waals surface area contributed by atoms with Gasteiger partial charge in [-0.3, -0.25) is 4.90 Å². The van der Waals surface area contributed by atoms with Gasteiger partial charge in [-0.05, 0) is 42.9 Å². The average molecular weight is 246 g/mol. The molecule has 2 atom stereocenters. The van der Waals surface area contributed by atoms with Crippen LogP contribution in [0.5, 0.6) is 0 Å². The lowest BCUT2D eigenvalue weighted by atomic mass is 9.90. The van der Waals surface area contributed by atoms with Crippen LogP contribution < -0.4 is 5.73 Å². The highest BCUT2D eigenvalue weighted by Crippen LogP contribution is 2.25. The molecule has 0 saturated carbocycles. The van der Waals surface area contributed by atoms with Crippen molar-refractivity contribution in [1.29, 1.82) is 0 Å². The molecule has 2 heteroatoms. The van der Waals surface area contributed by atoms with Crippen molar-refractivity contribution in [2.24, 2.45) is 11.7 Å². The van der Waals surface area contributed by atoms with Crippen molar-refractivity contribution >= 4 is 0 Å². The summed E-state index contributed by atoms with van der Waals surface area (Å²) in [5.41, 5.74) is 8.92. The first-order valence-corrected chi connectivity index (χ1v) is 7.27. The van der Waals surface area contributed by atoms with E-state index in [-0.39, 0.29) is 0 Å². The lowest BCUT2D eigenvalue weighted by molar-refractivity contribution is 0.0988. The fourth-order valence-electron chi connectivity index (χ4n) is 3.19. The van der Waals surface area contributed by atoms with Gasteiger partial charge < -0.3 is 5.73 Å². The molecule has 1 aliphatic heterocycles. The summed E-state index contributed by atoms with van der Waals surface area (Å²) in [4.78, 5) is 2.59. The molecule has 0 radical (unpaired) electrons. The second kappa shape index (κ2) is 6.35. The van der Waals surface area contributed by atoms with E-state index < -0.39 is 0 Å². The SMILES string of the molecule is CCc1ccccc1CN1CCCC(C)C1CN. The number of benzene rings is 1. The summed E-state index contributed by atoms with van der Waals surface area (Å²) in [6.45, 7) is 7.63. The van der Waals surface area contributed by atoms with Crippen LogP contribution in [0.4, 0.5) is 0 Å². The van der Waals surface area contributed by atoms with Crippen LogP contribution in [-0.4, -0.2) is 24.0 Å². The van der Waals surface area contributed by atoms with Gasteiger partial charge in [0.1, 0.15) is 0 Å². The molecule has 100 valence electrons. The molecule has 1 saturated heterocycles. The molecule has 0 aliphatic carbocycles. The Balaban J connectivity index is 2.11. The first-order valence-electron chi connectivity index (χ1n) is 7.27. The molecular weight excluding hydrogens is 220 g/mol. The van der Waals surface area contributed by atoms with Crippen LogP contribution in [0.15, 0.2) is 24.3 Å². The van der Waals surface area contributed by atoms with E-state index in [4.69, 9.17) is 5.73 Å². The minimum Gasteiger partial charge on any atom is -0.329 e. The molecular formula is C16H26N2. The monoisotopic (exact) mass is 246 g/mol. The Morgan fingerprint density at radius 2 is 2.00 bits per heavy atom. The van der Waals surface area contributed by atoms with Crippen LogP contribution in [-0.2, 0) is 13.0 Å². The molecule has 1 aromatic carbocycles. The van der Waals surface area contributed by atoms with E-state index in [0.717, 1.165) is 25.4 Å². The zero-order valence-corrected chi connectivity index (χ0v) is 11.7. The van der Waals surface area contributed by atoms with Gasteiger partial charge in [0, 0.05) is 19.1 Å². The van der Waals surface area contributed by atoms with Gasteiger partial charge in [-0.2, -0.15) is 0 Å². The van der Waals surface area contributed by atoms with Gasteiger partial charge in [0.2, 0.25) is 0 Å². The quantitative estimate of drug-likeness (QED) is 0.885. The molecule has 1 aromatic rings. The first-order chi connectivity index (χ1) is 8.76. The van der Waals surface area contributed by atoms with E-state index in [2.05, 4.69) is 43.0 Å². The van der Waals surface area contributed by atoms with Crippen molar-refractivity contribution in [1.82, 2.24) is 4.90 Å². The van der Waals surface area contributed by atoms with E-state index in [9.17, 15) is 0 Å². The summed E-state index contributed by atoms with van der Waals surface area (Å²) in [5, 5.41) is 0. The fourth-order valence-corrected chi connectivity index (χ4v) is 3.19. The zero-order chi connectivity index (χ0) is 13.0.